The summed E-state index contributed by atoms with van der Waals surface area (Å²) in [5.41, 5.74) is 2.80. The minimum atomic E-state index is -0.0243. The first kappa shape index (κ1) is 23.1. The molecule has 8 nitrogen and oxygen atoms in total. The molecule has 1 fully saturated rings. The van der Waals surface area contributed by atoms with Crippen molar-refractivity contribution >= 4 is 16.6 Å². The summed E-state index contributed by atoms with van der Waals surface area (Å²) in [6, 6.07) is 11.7. The van der Waals surface area contributed by atoms with E-state index in [0.29, 0.717) is 54.4 Å². The molecule has 0 radical (unpaired) electrons. The van der Waals surface area contributed by atoms with E-state index in [4.69, 9.17) is 23.9 Å². The number of nitrogens with zero attached hydrogens (tertiary/aromatic N) is 3. The van der Waals surface area contributed by atoms with E-state index in [1.165, 1.54) is 0 Å². The molecule has 2 aromatic carbocycles. The highest BCUT2D eigenvalue weighted by molar-refractivity contribution is 5.81. The molecular formula is C25H31N3O5. The van der Waals surface area contributed by atoms with Gasteiger partial charge in [0.1, 0.15) is 5.82 Å². The van der Waals surface area contributed by atoms with Gasteiger partial charge in [-0.2, -0.15) is 0 Å². The predicted octanol–water partition coefficient (Wildman–Crippen LogP) is 2.82. The highest BCUT2D eigenvalue weighted by Gasteiger charge is 2.21. The summed E-state index contributed by atoms with van der Waals surface area (Å²) in [6.07, 6.45) is 0.722. The molecule has 0 amide bonds. The quantitative estimate of drug-likeness (QED) is 0.519. The lowest BCUT2D eigenvalue weighted by molar-refractivity contribution is -0.0100. The van der Waals surface area contributed by atoms with Gasteiger partial charge in [-0.05, 0) is 49.2 Å². The maximum atomic E-state index is 13.2. The van der Waals surface area contributed by atoms with E-state index in [0.717, 1.165) is 24.3 Å². The van der Waals surface area contributed by atoms with Crippen molar-refractivity contribution in [2.24, 2.45) is 0 Å². The highest BCUT2D eigenvalue weighted by Crippen LogP contribution is 2.28. The number of aryl methyl sites for hydroxylation is 2. The lowest BCUT2D eigenvalue weighted by atomic mass is 10.1. The molecule has 0 N–H and O–H groups in total. The van der Waals surface area contributed by atoms with E-state index in [1.807, 2.05) is 43.3 Å². The predicted molar refractivity (Wildman–Crippen MR) is 128 cm³/mol. The molecule has 2 heterocycles. The Morgan fingerprint density at radius 2 is 1.91 bits per heavy atom. The van der Waals surface area contributed by atoms with Gasteiger partial charge >= 0.3 is 0 Å². The Bertz CT molecular complexity index is 1170. The Balaban J connectivity index is 1.56. The van der Waals surface area contributed by atoms with Crippen LogP contribution in [-0.2, 0) is 22.4 Å². The molecule has 176 valence electrons. The molecule has 0 bridgehead atoms. The second-order valence-corrected chi connectivity index (χ2v) is 8.15. The Kier molecular flexibility index (Phi) is 7.15. The van der Waals surface area contributed by atoms with Crippen LogP contribution < -0.4 is 19.9 Å². The maximum absolute atomic E-state index is 13.2. The van der Waals surface area contributed by atoms with Crippen molar-refractivity contribution in [3.63, 3.8) is 0 Å². The fourth-order valence-corrected chi connectivity index (χ4v) is 4.30. The summed E-state index contributed by atoms with van der Waals surface area (Å²) < 4.78 is 23.4. The molecule has 8 heteroatoms. The average molecular weight is 454 g/mol. The van der Waals surface area contributed by atoms with Gasteiger partial charge in [-0.3, -0.25) is 9.36 Å². The van der Waals surface area contributed by atoms with Crippen LogP contribution in [0.4, 0.5) is 5.69 Å². The number of hydrogen-bond donors (Lipinski definition) is 0. The summed E-state index contributed by atoms with van der Waals surface area (Å²) in [5.74, 6) is 2.06. The van der Waals surface area contributed by atoms with Crippen LogP contribution in [-0.4, -0.2) is 63.3 Å². The van der Waals surface area contributed by atoms with E-state index in [-0.39, 0.29) is 11.7 Å². The SMILES string of the molecule is COC[C@H]1CN(c2ccc3c(=O)n(CCc4ccc(OC)c(OC)c4)c(C)nc3c2)CCO1. The first-order valence-corrected chi connectivity index (χ1v) is 11.1. The van der Waals surface area contributed by atoms with E-state index in [9.17, 15) is 4.79 Å². The number of ether oxygens (including phenoxy) is 4. The van der Waals surface area contributed by atoms with Gasteiger partial charge in [0.2, 0.25) is 0 Å². The molecule has 1 aliphatic heterocycles. The Labute approximate surface area is 193 Å². The van der Waals surface area contributed by atoms with Gasteiger partial charge in [-0.15, -0.1) is 0 Å². The van der Waals surface area contributed by atoms with E-state index in [1.54, 1.807) is 25.9 Å². The number of morpholine rings is 1. The van der Waals surface area contributed by atoms with Crippen molar-refractivity contribution < 1.29 is 18.9 Å². The third-order valence-corrected chi connectivity index (χ3v) is 6.06. The van der Waals surface area contributed by atoms with Gasteiger partial charge in [0, 0.05) is 32.4 Å². The van der Waals surface area contributed by atoms with Crippen molar-refractivity contribution in [1.29, 1.82) is 0 Å². The van der Waals surface area contributed by atoms with Gasteiger partial charge < -0.3 is 23.8 Å². The van der Waals surface area contributed by atoms with Gasteiger partial charge in [0.05, 0.1) is 44.4 Å². The normalized spacial score (nSPS) is 16.2. The zero-order valence-electron chi connectivity index (χ0n) is 19.7. The van der Waals surface area contributed by atoms with Gasteiger partial charge in [0.15, 0.2) is 11.5 Å². The molecule has 1 aromatic heterocycles. The van der Waals surface area contributed by atoms with Crippen LogP contribution in [0.1, 0.15) is 11.4 Å². The molecule has 1 aliphatic rings. The van der Waals surface area contributed by atoms with Crippen molar-refractivity contribution in [2.75, 3.05) is 52.5 Å². The molecule has 4 rings (SSSR count). The topological polar surface area (TPSA) is 75.1 Å². The number of aromatic nitrogens is 2. The number of fused-ring (bicyclic) bond motifs is 1. The van der Waals surface area contributed by atoms with Gasteiger partial charge in [0.25, 0.3) is 5.56 Å². The van der Waals surface area contributed by atoms with Crippen molar-refractivity contribution in [2.45, 2.75) is 26.0 Å². The third-order valence-electron chi connectivity index (χ3n) is 6.06. The Hall–Kier alpha value is -3.10. The van der Waals surface area contributed by atoms with E-state index in [2.05, 4.69) is 4.90 Å². The fraction of sp³-hybridized carbons (Fsp3) is 0.440. The van der Waals surface area contributed by atoms with E-state index < -0.39 is 0 Å². The van der Waals surface area contributed by atoms with Crippen LogP contribution >= 0.6 is 0 Å². The summed E-state index contributed by atoms with van der Waals surface area (Å²) in [5, 5.41) is 0.623. The van der Waals surface area contributed by atoms with Crippen molar-refractivity contribution in [1.82, 2.24) is 9.55 Å². The van der Waals surface area contributed by atoms with Crippen LogP contribution in [0.3, 0.4) is 0 Å². The third kappa shape index (κ3) is 4.96. The van der Waals surface area contributed by atoms with Crippen molar-refractivity contribution in [3.05, 3.63) is 58.1 Å². The first-order valence-electron chi connectivity index (χ1n) is 11.1. The second-order valence-electron chi connectivity index (χ2n) is 8.15. The van der Waals surface area contributed by atoms with Crippen LogP contribution in [0, 0.1) is 6.92 Å². The molecule has 0 saturated carbocycles. The van der Waals surface area contributed by atoms with Crippen LogP contribution in [0.15, 0.2) is 41.2 Å². The molecule has 33 heavy (non-hydrogen) atoms. The lowest BCUT2D eigenvalue weighted by Crippen LogP contribution is -2.44. The maximum Gasteiger partial charge on any atom is 0.261 e. The number of methoxy groups -OCH3 is 3. The molecule has 0 aliphatic carbocycles. The summed E-state index contributed by atoms with van der Waals surface area (Å²) in [6.45, 7) is 5.18. The van der Waals surface area contributed by atoms with Crippen LogP contribution in [0.2, 0.25) is 0 Å². The smallest absolute Gasteiger partial charge is 0.261 e. The fourth-order valence-electron chi connectivity index (χ4n) is 4.30. The summed E-state index contributed by atoms with van der Waals surface area (Å²) in [7, 11) is 4.91. The Morgan fingerprint density at radius 3 is 2.67 bits per heavy atom. The standard InChI is InChI=1S/C25H31N3O5/c1-17-26-22-14-19(27-11-12-33-20(15-27)16-30-2)6-7-21(22)25(29)28(17)10-9-18-5-8-23(31-3)24(13-18)32-4/h5-8,13-14,20H,9-12,15-16H2,1-4H3/t20-/m1/s1. The van der Waals surface area contributed by atoms with E-state index >= 15 is 0 Å². The monoisotopic (exact) mass is 453 g/mol. The molecular weight excluding hydrogens is 422 g/mol. The Morgan fingerprint density at radius 1 is 1.09 bits per heavy atom. The minimum Gasteiger partial charge on any atom is -0.493 e. The lowest BCUT2D eigenvalue weighted by Gasteiger charge is -2.34. The van der Waals surface area contributed by atoms with Gasteiger partial charge in [-0.1, -0.05) is 6.07 Å². The van der Waals surface area contributed by atoms with Crippen LogP contribution in [0.5, 0.6) is 11.5 Å². The summed E-state index contributed by atoms with van der Waals surface area (Å²) in [4.78, 5) is 20.3. The molecule has 1 saturated heterocycles. The number of rotatable bonds is 8. The largest absolute Gasteiger partial charge is 0.493 e. The molecule has 3 aromatic rings. The average Bonchev–Trinajstić information content (AvgIpc) is 2.83. The van der Waals surface area contributed by atoms with Crippen molar-refractivity contribution in [3.8, 4) is 11.5 Å². The number of benzene rings is 2. The second kappa shape index (κ2) is 10.2. The molecule has 0 spiro atoms. The zero-order valence-corrected chi connectivity index (χ0v) is 19.7. The minimum absolute atomic E-state index is 0.0243. The highest BCUT2D eigenvalue weighted by atomic mass is 16.5. The van der Waals surface area contributed by atoms with Crippen LogP contribution in [0.25, 0.3) is 10.9 Å². The zero-order chi connectivity index (χ0) is 23.4. The molecule has 1 atom stereocenters. The first-order chi connectivity index (χ1) is 16.0. The van der Waals surface area contributed by atoms with Gasteiger partial charge in [-0.25, -0.2) is 4.98 Å². The molecule has 0 unspecified atom stereocenters. The number of hydrogen-bond acceptors (Lipinski definition) is 7. The summed E-state index contributed by atoms with van der Waals surface area (Å²) >= 11 is 0. The number of anilines is 1.